The second-order valence-electron chi connectivity index (χ2n) is 9.29. The fourth-order valence-electron chi connectivity index (χ4n) is 4.70. The summed E-state index contributed by atoms with van der Waals surface area (Å²) in [7, 11) is 0. The Morgan fingerprint density at radius 3 is 2.75 bits per heavy atom. The summed E-state index contributed by atoms with van der Waals surface area (Å²) in [6.07, 6.45) is 6.67. The molecule has 1 unspecified atom stereocenters. The molecule has 8 atom stereocenters. The molecule has 5 N–H and O–H groups in total. The number of aliphatic hydroxyl groups excluding tert-OH is 3. The van der Waals surface area contributed by atoms with E-state index in [0.29, 0.717) is 5.92 Å². The number of hydrogen-bond acceptors (Lipinski definition) is 8. The average molecular weight is 471 g/mol. The van der Waals surface area contributed by atoms with Crippen molar-refractivity contribution >= 4 is 17.7 Å². The highest BCUT2D eigenvalue weighted by atomic mass is 32.2. The average Bonchev–Trinajstić information content (AvgIpc) is 3.30. The van der Waals surface area contributed by atoms with Gasteiger partial charge in [-0.25, -0.2) is 4.98 Å². The van der Waals surface area contributed by atoms with Gasteiger partial charge in [-0.05, 0) is 50.3 Å². The molecule has 2 aliphatic rings. The van der Waals surface area contributed by atoms with E-state index in [-0.39, 0.29) is 17.9 Å². The summed E-state index contributed by atoms with van der Waals surface area (Å²) >= 11 is 1.27. The maximum Gasteiger partial charge on any atom is 0.237 e. The summed E-state index contributed by atoms with van der Waals surface area (Å²) in [6.45, 7) is 5.61. The van der Waals surface area contributed by atoms with E-state index in [1.54, 1.807) is 12.5 Å². The van der Waals surface area contributed by atoms with E-state index in [9.17, 15) is 20.1 Å². The lowest BCUT2D eigenvalue weighted by Crippen LogP contribution is -2.65. The van der Waals surface area contributed by atoms with Crippen LogP contribution in [-0.2, 0) is 16.1 Å². The lowest BCUT2D eigenvalue weighted by atomic mass is 9.86. The van der Waals surface area contributed by atoms with E-state index in [4.69, 9.17) is 4.74 Å². The van der Waals surface area contributed by atoms with Crippen LogP contribution >= 0.6 is 11.8 Å². The van der Waals surface area contributed by atoms with Crippen LogP contribution in [0.4, 0.5) is 0 Å². The molecule has 1 aromatic heterocycles. The molecule has 0 saturated carbocycles. The predicted molar refractivity (Wildman–Crippen MR) is 123 cm³/mol. The number of carbonyl (C=O) groups excluding carboxylic acids is 1. The van der Waals surface area contributed by atoms with Crippen LogP contribution in [0.5, 0.6) is 0 Å². The van der Waals surface area contributed by atoms with Gasteiger partial charge in [0.1, 0.15) is 29.9 Å². The maximum atomic E-state index is 13.1. The summed E-state index contributed by atoms with van der Waals surface area (Å²) < 4.78 is 7.98. The number of hydrogen-bond donors (Lipinski definition) is 5. The van der Waals surface area contributed by atoms with E-state index in [1.165, 1.54) is 11.8 Å². The third kappa shape index (κ3) is 6.24. The van der Waals surface area contributed by atoms with Crippen molar-refractivity contribution in [2.45, 2.75) is 88.0 Å². The summed E-state index contributed by atoms with van der Waals surface area (Å²) in [5.41, 5.74) is -0.663. The number of piperidine rings is 1. The fraction of sp³-hybridized carbons (Fsp3) is 0.818. The summed E-state index contributed by atoms with van der Waals surface area (Å²) in [6, 6.07) is -0.784. The Bertz CT molecular complexity index is 705. The third-order valence-corrected chi connectivity index (χ3v) is 7.49. The normalized spacial score (nSPS) is 34.4. The molecule has 0 aliphatic carbocycles. The van der Waals surface area contributed by atoms with Crippen LogP contribution in [-0.4, -0.2) is 85.5 Å². The van der Waals surface area contributed by atoms with Gasteiger partial charge in [0, 0.05) is 18.9 Å². The predicted octanol–water partition coefficient (Wildman–Crippen LogP) is 0.343. The molecular weight excluding hydrogens is 432 g/mol. The van der Waals surface area contributed by atoms with Gasteiger partial charge in [0.05, 0.1) is 18.4 Å². The van der Waals surface area contributed by atoms with Crippen molar-refractivity contribution in [2.24, 2.45) is 11.8 Å². The van der Waals surface area contributed by atoms with Crippen molar-refractivity contribution in [3.63, 3.8) is 0 Å². The van der Waals surface area contributed by atoms with E-state index in [1.807, 2.05) is 26.4 Å². The number of nitrogens with one attached hydrogen (secondary N) is 2. The first-order valence-electron chi connectivity index (χ1n) is 11.5. The van der Waals surface area contributed by atoms with Crippen molar-refractivity contribution in [3.05, 3.63) is 18.7 Å². The van der Waals surface area contributed by atoms with Gasteiger partial charge in [-0.2, -0.15) is 0 Å². The molecular formula is C22H38N4O5S. The Labute approximate surface area is 194 Å². The highest BCUT2D eigenvalue weighted by Gasteiger charge is 2.47. The monoisotopic (exact) mass is 470 g/mol. The van der Waals surface area contributed by atoms with Crippen LogP contribution in [0.25, 0.3) is 0 Å². The maximum absolute atomic E-state index is 13.1. The Morgan fingerprint density at radius 1 is 1.31 bits per heavy atom. The number of aryl methyl sites for hydroxylation is 1. The minimum absolute atomic E-state index is 0.0295. The fourth-order valence-corrected chi connectivity index (χ4v) is 5.38. The zero-order valence-electron chi connectivity index (χ0n) is 19.1. The van der Waals surface area contributed by atoms with Crippen molar-refractivity contribution in [1.82, 2.24) is 20.2 Å². The smallest absolute Gasteiger partial charge is 0.237 e. The zero-order chi connectivity index (χ0) is 23.3. The molecule has 3 rings (SSSR count). The summed E-state index contributed by atoms with van der Waals surface area (Å²) in [5.74, 6) is 0.334. The topological polar surface area (TPSA) is 129 Å². The van der Waals surface area contributed by atoms with Crippen molar-refractivity contribution in [2.75, 3.05) is 12.8 Å². The second kappa shape index (κ2) is 11.8. The van der Waals surface area contributed by atoms with Crippen molar-refractivity contribution in [1.29, 1.82) is 0 Å². The largest absolute Gasteiger partial charge is 0.388 e. The first kappa shape index (κ1) is 25.5. The molecule has 32 heavy (non-hydrogen) atoms. The lowest BCUT2D eigenvalue weighted by Gasteiger charge is -2.44. The van der Waals surface area contributed by atoms with Crippen LogP contribution in [0.2, 0.25) is 0 Å². The third-order valence-electron chi connectivity index (χ3n) is 6.64. The molecule has 9 nitrogen and oxygen atoms in total. The Morgan fingerprint density at radius 2 is 2.09 bits per heavy atom. The standard InChI is InChI=1S/C22H38N4O5S/c1-13(2)16(20-18(28)17(27)19(29)22(31-20)32-3)25-21(30)15-11-14(6-7-24-15)5-4-9-26-10-8-23-12-26/h8,10,12-20,22,24,27-29H,4-7,9,11H2,1-3H3,(H,25,30)/t14?,15-,16+,17-,18+,19+,20+,22+/m0/s1. The first-order valence-corrected chi connectivity index (χ1v) is 12.8. The number of thioether (sulfide) groups is 1. The molecule has 0 aromatic carbocycles. The minimum Gasteiger partial charge on any atom is -0.388 e. The van der Waals surface area contributed by atoms with Gasteiger partial charge in [0.15, 0.2) is 0 Å². The summed E-state index contributed by atoms with van der Waals surface area (Å²) in [5, 5.41) is 37.4. The van der Waals surface area contributed by atoms with E-state index >= 15 is 0 Å². The second-order valence-corrected chi connectivity index (χ2v) is 10.2. The minimum atomic E-state index is -1.32. The number of rotatable bonds is 9. The highest BCUT2D eigenvalue weighted by Crippen LogP contribution is 2.30. The van der Waals surface area contributed by atoms with Gasteiger partial charge < -0.3 is 35.3 Å². The first-order chi connectivity index (χ1) is 15.3. The Balaban J connectivity index is 1.56. The molecule has 0 radical (unpaired) electrons. The van der Waals surface area contributed by atoms with Crippen LogP contribution < -0.4 is 10.6 Å². The highest BCUT2D eigenvalue weighted by molar-refractivity contribution is 7.99. The SMILES string of the molecule is CS[C@H]1O[C@H]([C@H](NC(=O)[C@@H]2CC(CCCn3ccnc3)CCN2)C(C)C)[C@H](O)[C@H](O)[C@H]1O. The Hall–Kier alpha value is -1.17. The zero-order valence-corrected chi connectivity index (χ0v) is 19.9. The van der Waals surface area contributed by atoms with Crippen LogP contribution in [0.1, 0.15) is 39.5 Å². The van der Waals surface area contributed by atoms with Crippen LogP contribution in [0.15, 0.2) is 18.7 Å². The van der Waals surface area contributed by atoms with Crippen molar-refractivity contribution < 1.29 is 24.9 Å². The van der Waals surface area contributed by atoms with E-state index in [0.717, 1.165) is 38.8 Å². The molecule has 0 spiro atoms. The molecule has 2 saturated heterocycles. The molecule has 2 fully saturated rings. The lowest BCUT2D eigenvalue weighted by molar-refractivity contribution is -0.208. The number of imidazole rings is 1. The van der Waals surface area contributed by atoms with Gasteiger partial charge in [-0.15, -0.1) is 11.8 Å². The van der Waals surface area contributed by atoms with Gasteiger partial charge in [-0.1, -0.05) is 13.8 Å². The Kier molecular flexibility index (Phi) is 9.39. The summed E-state index contributed by atoms with van der Waals surface area (Å²) in [4.78, 5) is 17.2. The molecule has 2 aliphatic heterocycles. The van der Waals surface area contributed by atoms with Gasteiger partial charge in [0.25, 0.3) is 0 Å². The number of aromatic nitrogens is 2. The molecule has 1 amide bonds. The number of amides is 1. The molecule has 10 heteroatoms. The molecule has 182 valence electrons. The molecule has 3 heterocycles. The van der Waals surface area contributed by atoms with Gasteiger partial charge in [0.2, 0.25) is 5.91 Å². The van der Waals surface area contributed by atoms with Gasteiger partial charge >= 0.3 is 0 Å². The van der Waals surface area contributed by atoms with E-state index in [2.05, 4.69) is 20.2 Å². The van der Waals surface area contributed by atoms with E-state index < -0.39 is 35.9 Å². The van der Waals surface area contributed by atoms with Gasteiger partial charge in [-0.3, -0.25) is 4.79 Å². The number of nitrogens with zero attached hydrogens (tertiary/aromatic N) is 2. The van der Waals surface area contributed by atoms with Crippen molar-refractivity contribution in [3.8, 4) is 0 Å². The number of ether oxygens (including phenoxy) is 1. The van der Waals surface area contributed by atoms with Crippen LogP contribution in [0.3, 0.4) is 0 Å². The number of carbonyl (C=O) groups is 1. The quantitative estimate of drug-likeness (QED) is 0.350. The van der Waals surface area contributed by atoms with Crippen LogP contribution in [0, 0.1) is 11.8 Å². The number of aliphatic hydroxyl groups is 3. The molecule has 0 bridgehead atoms. The molecule has 1 aromatic rings.